The molecule has 0 bridgehead atoms. The van der Waals surface area contributed by atoms with Gasteiger partial charge in [0.1, 0.15) is 29.8 Å². The first kappa shape index (κ1) is 33.6. The van der Waals surface area contributed by atoms with Crippen LogP contribution in [0.5, 0.6) is 5.75 Å². The van der Waals surface area contributed by atoms with Crippen LogP contribution in [0.1, 0.15) is 64.5 Å². The van der Waals surface area contributed by atoms with Gasteiger partial charge in [-0.25, -0.2) is 8.78 Å². The van der Waals surface area contributed by atoms with Crippen LogP contribution in [-0.2, 0) is 27.1 Å². The highest BCUT2D eigenvalue weighted by molar-refractivity contribution is 5.70. The Balaban J connectivity index is 0.00000108. The van der Waals surface area contributed by atoms with Crippen molar-refractivity contribution in [1.82, 2.24) is 0 Å². The molecule has 0 aromatic heterocycles. The summed E-state index contributed by atoms with van der Waals surface area (Å²) in [5.41, 5.74) is 0.347. The zero-order chi connectivity index (χ0) is 30.6. The van der Waals surface area contributed by atoms with Gasteiger partial charge >= 0.3 is 6.18 Å². The van der Waals surface area contributed by atoms with Crippen LogP contribution in [-0.4, -0.2) is 19.7 Å². The average molecular weight is 581 g/mol. The third kappa shape index (κ3) is 10.1. The summed E-state index contributed by atoms with van der Waals surface area (Å²) >= 11 is 0. The van der Waals surface area contributed by atoms with Gasteiger partial charge in [-0.3, -0.25) is 4.79 Å². The molecule has 3 rings (SSSR count). The molecular weight excluding hydrogens is 543 g/mol. The summed E-state index contributed by atoms with van der Waals surface area (Å²) < 4.78 is 86.1. The highest BCUT2D eigenvalue weighted by Gasteiger charge is 2.36. The van der Waals surface area contributed by atoms with Gasteiger partial charge in [0.15, 0.2) is 0 Å². The van der Waals surface area contributed by atoms with Gasteiger partial charge in [0, 0.05) is 17.2 Å². The molecule has 0 heterocycles. The zero-order valence-electron chi connectivity index (χ0n) is 23.9. The van der Waals surface area contributed by atoms with Crippen LogP contribution in [0.2, 0.25) is 0 Å². The van der Waals surface area contributed by atoms with Crippen molar-refractivity contribution in [3.63, 3.8) is 0 Å². The maximum absolute atomic E-state index is 15.0. The van der Waals surface area contributed by atoms with Gasteiger partial charge in [0.05, 0.1) is 18.8 Å². The Kier molecular flexibility index (Phi) is 13.1. The quantitative estimate of drug-likeness (QED) is 0.115. The Labute approximate surface area is 238 Å². The molecule has 0 amide bonds. The Morgan fingerprint density at radius 3 is 2.37 bits per heavy atom. The molecule has 1 unspecified atom stereocenters. The maximum Gasteiger partial charge on any atom is 0.417 e. The van der Waals surface area contributed by atoms with Gasteiger partial charge in [0.25, 0.3) is 6.47 Å². The van der Waals surface area contributed by atoms with Crippen molar-refractivity contribution in [1.29, 1.82) is 0 Å². The Bertz CT molecular complexity index is 1250. The number of alkyl halides is 3. The van der Waals surface area contributed by atoms with Crippen LogP contribution in [0.15, 0.2) is 66.0 Å². The molecule has 0 saturated heterocycles. The van der Waals surface area contributed by atoms with E-state index in [1.807, 2.05) is 19.9 Å². The summed E-state index contributed by atoms with van der Waals surface area (Å²) in [4.78, 5) is 9.18. The smallest absolute Gasteiger partial charge is 0.417 e. The highest BCUT2D eigenvalue weighted by atomic mass is 19.4. The number of hydrogen-bond donors (Lipinski definition) is 0. The van der Waals surface area contributed by atoms with Crippen molar-refractivity contribution in [2.45, 2.75) is 66.2 Å². The van der Waals surface area contributed by atoms with Crippen LogP contribution in [0.3, 0.4) is 0 Å². The summed E-state index contributed by atoms with van der Waals surface area (Å²) in [6.45, 7) is 12.5. The van der Waals surface area contributed by atoms with Gasteiger partial charge in [-0.05, 0) is 80.0 Å². The largest absolute Gasteiger partial charge is 0.493 e. The van der Waals surface area contributed by atoms with Crippen molar-refractivity contribution >= 4 is 6.47 Å². The van der Waals surface area contributed by atoms with E-state index in [1.165, 1.54) is 11.6 Å². The molecule has 0 N–H and O–H groups in total. The van der Waals surface area contributed by atoms with Gasteiger partial charge < -0.3 is 14.2 Å². The molecule has 0 aliphatic heterocycles. The number of hydrogen-bond acceptors (Lipinski definition) is 4. The van der Waals surface area contributed by atoms with Gasteiger partial charge in [-0.2, -0.15) is 13.2 Å². The number of carbonyl (C=O) groups excluding carboxylic acids is 1. The minimum Gasteiger partial charge on any atom is -0.493 e. The first-order valence-corrected chi connectivity index (χ1v) is 13.5. The third-order valence-electron chi connectivity index (χ3n) is 6.35. The molecular formula is C32H37F5O4. The molecule has 1 atom stereocenters. The fourth-order valence-corrected chi connectivity index (χ4v) is 4.37. The van der Waals surface area contributed by atoms with Crippen LogP contribution >= 0.6 is 0 Å². The molecule has 2 aromatic rings. The van der Waals surface area contributed by atoms with E-state index in [-0.39, 0.29) is 30.1 Å². The molecule has 0 spiro atoms. The van der Waals surface area contributed by atoms with E-state index in [1.54, 1.807) is 13.0 Å². The fraction of sp³-hybridized carbons (Fsp3) is 0.406. The Hall–Kier alpha value is -3.62. The lowest BCUT2D eigenvalue weighted by Crippen LogP contribution is -2.10. The highest BCUT2D eigenvalue weighted by Crippen LogP contribution is 2.41. The second-order valence-electron chi connectivity index (χ2n) is 9.64. The number of allylic oxidation sites excluding steroid dienone is 4. The van der Waals surface area contributed by atoms with E-state index >= 15 is 0 Å². The van der Waals surface area contributed by atoms with Crippen molar-refractivity contribution in [2.75, 3.05) is 13.2 Å². The lowest BCUT2D eigenvalue weighted by molar-refractivity contribution is -0.137. The Morgan fingerprint density at radius 1 is 1.07 bits per heavy atom. The van der Waals surface area contributed by atoms with Crippen molar-refractivity contribution < 1.29 is 41.0 Å². The average Bonchev–Trinajstić information content (AvgIpc) is 3.27. The minimum atomic E-state index is -4.84. The molecule has 9 heteroatoms. The van der Waals surface area contributed by atoms with Crippen LogP contribution in [0, 0.1) is 17.6 Å². The van der Waals surface area contributed by atoms with E-state index in [2.05, 4.69) is 18.2 Å². The zero-order valence-corrected chi connectivity index (χ0v) is 23.9. The summed E-state index contributed by atoms with van der Waals surface area (Å²) in [5.74, 6) is -1.15. The topological polar surface area (TPSA) is 44.8 Å². The number of ether oxygens (including phenoxy) is 3. The first-order chi connectivity index (χ1) is 19.4. The predicted molar refractivity (Wildman–Crippen MR) is 149 cm³/mol. The summed E-state index contributed by atoms with van der Waals surface area (Å²) in [6.07, 6.45) is 2.26. The first-order valence-electron chi connectivity index (χ1n) is 13.5. The van der Waals surface area contributed by atoms with Gasteiger partial charge in [-0.1, -0.05) is 39.0 Å². The number of rotatable bonds is 11. The molecule has 2 aromatic carbocycles. The van der Waals surface area contributed by atoms with Crippen molar-refractivity contribution in [2.24, 2.45) is 5.92 Å². The van der Waals surface area contributed by atoms with E-state index in [0.29, 0.717) is 31.2 Å². The molecule has 4 nitrogen and oxygen atoms in total. The summed E-state index contributed by atoms with van der Waals surface area (Å²) in [5, 5.41) is 0. The molecule has 1 fully saturated rings. The molecule has 41 heavy (non-hydrogen) atoms. The van der Waals surface area contributed by atoms with Crippen LogP contribution < -0.4 is 4.74 Å². The van der Waals surface area contributed by atoms with Crippen LogP contribution in [0.25, 0.3) is 11.1 Å². The number of halogens is 5. The summed E-state index contributed by atoms with van der Waals surface area (Å²) in [6, 6.07) is 5.02. The van der Waals surface area contributed by atoms with E-state index in [0.717, 1.165) is 49.1 Å². The number of unbranched alkanes of at least 4 members (excludes halogenated alkanes) is 1. The third-order valence-corrected chi connectivity index (χ3v) is 6.35. The SMILES string of the molecule is C=C(/C=C1/CC(C)C/C1=C/C)OCc1cc(-c2c(F)cc(OCCCC)cc2C(F)(F)F)ccc1F.CCOC=O. The second-order valence-corrected chi connectivity index (χ2v) is 9.64. The molecule has 1 aliphatic rings. The van der Waals surface area contributed by atoms with E-state index < -0.39 is 28.9 Å². The summed E-state index contributed by atoms with van der Waals surface area (Å²) in [7, 11) is 0. The molecule has 1 saturated carbocycles. The van der Waals surface area contributed by atoms with Crippen molar-refractivity contribution in [3.05, 3.63) is 88.7 Å². The molecule has 1 aliphatic carbocycles. The van der Waals surface area contributed by atoms with Gasteiger partial charge in [0.2, 0.25) is 0 Å². The van der Waals surface area contributed by atoms with E-state index in [4.69, 9.17) is 9.47 Å². The minimum absolute atomic E-state index is 0.00565. The van der Waals surface area contributed by atoms with Gasteiger partial charge in [-0.15, -0.1) is 0 Å². The van der Waals surface area contributed by atoms with Crippen molar-refractivity contribution in [3.8, 4) is 16.9 Å². The number of benzene rings is 2. The maximum atomic E-state index is 15.0. The lowest BCUT2D eigenvalue weighted by atomic mass is 9.96. The molecule has 0 radical (unpaired) electrons. The lowest BCUT2D eigenvalue weighted by Gasteiger charge is -2.17. The standard InChI is InChI=1S/C29H31F5O2.C3H6O2/c1-5-7-10-35-24-15-25(29(32,33)34)28(27(31)16-24)21-8-9-26(30)23(14-21)17-36-19(4)13-22-12-18(3)11-20(22)6-2;1-2-5-3-4/h6,8-9,13-16,18H,4-5,7,10-12,17H2,1-3H3;3H,2H2,1H3/b20-6-,22-13-;. The predicted octanol–water partition coefficient (Wildman–Crippen LogP) is 9.34. The number of carbonyl (C=O) groups is 1. The van der Waals surface area contributed by atoms with E-state index in [9.17, 15) is 26.7 Å². The second kappa shape index (κ2) is 16.0. The molecule has 224 valence electrons. The monoisotopic (exact) mass is 580 g/mol. The fourth-order valence-electron chi connectivity index (χ4n) is 4.37. The van der Waals surface area contributed by atoms with Crippen LogP contribution in [0.4, 0.5) is 22.0 Å². The Morgan fingerprint density at radius 2 is 1.78 bits per heavy atom. The normalized spacial score (nSPS) is 16.8.